The number of carboxylic acid groups (broad SMARTS) is 1. The van der Waals surface area contributed by atoms with Crippen LogP contribution in [-0.4, -0.2) is 21.6 Å². The molecule has 138 valence electrons. The number of carboxylic acids is 1. The molecule has 1 atom stereocenters. The molecule has 0 aliphatic carbocycles. The molecule has 0 fully saturated rings. The second-order valence-electron chi connectivity index (χ2n) is 6.27. The van der Waals surface area contributed by atoms with E-state index in [4.69, 9.17) is 16.7 Å². The molecule has 1 heterocycles. The predicted octanol–water partition coefficient (Wildman–Crippen LogP) is 4.38. The van der Waals surface area contributed by atoms with Crippen LogP contribution in [0.2, 0.25) is 5.02 Å². The van der Waals surface area contributed by atoms with Gasteiger partial charge in [-0.25, -0.2) is 4.79 Å². The summed E-state index contributed by atoms with van der Waals surface area (Å²) in [6.07, 6.45) is 1.86. The Bertz CT molecular complexity index is 946. The Morgan fingerprint density at radius 1 is 1.07 bits per heavy atom. The van der Waals surface area contributed by atoms with E-state index in [0.29, 0.717) is 17.3 Å². The fourth-order valence-electron chi connectivity index (χ4n) is 2.81. The van der Waals surface area contributed by atoms with Crippen LogP contribution < -0.4 is 5.32 Å². The SMILES string of the molecule is C[C@H](NC(=O)c1cccn1Cc1ccc(Cl)cc1)c1ccc(C(=O)O)cc1. The summed E-state index contributed by atoms with van der Waals surface area (Å²) < 4.78 is 1.87. The zero-order valence-electron chi connectivity index (χ0n) is 14.7. The smallest absolute Gasteiger partial charge is 0.335 e. The van der Waals surface area contributed by atoms with Crippen LogP contribution >= 0.6 is 11.6 Å². The molecule has 0 aliphatic rings. The number of hydrogen-bond donors (Lipinski definition) is 2. The third kappa shape index (κ3) is 4.57. The highest BCUT2D eigenvalue weighted by Gasteiger charge is 2.15. The van der Waals surface area contributed by atoms with Crippen molar-refractivity contribution < 1.29 is 14.7 Å². The first-order chi connectivity index (χ1) is 12.9. The lowest BCUT2D eigenvalue weighted by Crippen LogP contribution is -2.28. The molecule has 2 aromatic carbocycles. The highest BCUT2D eigenvalue weighted by Crippen LogP contribution is 2.16. The number of carbonyl (C=O) groups excluding carboxylic acids is 1. The molecular weight excluding hydrogens is 364 g/mol. The topological polar surface area (TPSA) is 71.3 Å². The fraction of sp³-hybridized carbons (Fsp3) is 0.143. The Labute approximate surface area is 162 Å². The number of aromatic carboxylic acids is 1. The minimum absolute atomic E-state index is 0.191. The fourth-order valence-corrected chi connectivity index (χ4v) is 2.94. The monoisotopic (exact) mass is 382 g/mol. The van der Waals surface area contributed by atoms with Crippen LogP contribution in [0.4, 0.5) is 0 Å². The summed E-state index contributed by atoms with van der Waals surface area (Å²) in [5.74, 6) is -1.16. The lowest BCUT2D eigenvalue weighted by Gasteiger charge is -2.16. The Morgan fingerprint density at radius 3 is 2.37 bits per heavy atom. The molecule has 0 spiro atoms. The van der Waals surface area contributed by atoms with E-state index in [1.54, 1.807) is 18.2 Å². The third-order valence-electron chi connectivity index (χ3n) is 4.33. The van der Waals surface area contributed by atoms with Crippen LogP contribution in [0.15, 0.2) is 66.9 Å². The number of benzene rings is 2. The Kier molecular flexibility index (Phi) is 5.62. The van der Waals surface area contributed by atoms with Crippen molar-refractivity contribution >= 4 is 23.5 Å². The molecule has 3 rings (SSSR count). The van der Waals surface area contributed by atoms with Crippen LogP contribution in [-0.2, 0) is 6.54 Å². The van der Waals surface area contributed by atoms with Crippen molar-refractivity contribution in [3.05, 3.63) is 94.3 Å². The average molecular weight is 383 g/mol. The van der Waals surface area contributed by atoms with Gasteiger partial charge in [-0.3, -0.25) is 4.79 Å². The maximum Gasteiger partial charge on any atom is 0.335 e. The molecule has 1 aromatic heterocycles. The van der Waals surface area contributed by atoms with Crippen molar-refractivity contribution in [2.45, 2.75) is 19.5 Å². The van der Waals surface area contributed by atoms with Gasteiger partial charge < -0.3 is 15.0 Å². The second-order valence-corrected chi connectivity index (χ2v) is 6.71. The Hall–Kier alpha value is -3.05. The van der Waals surface area contributed by atoms with Crippen LogP contribution in [0.25, 0.3) is 0 Å². The predicted molar refractivity (Wildman–Crippen MR) is 104 cm³/mol. The standard InChI is InChI=1S/C21H19ClN2O3/c1-14(16-6-8-17(9-7-16)21(26)27)23-20(25)19-3-2-12-24(19)13-15-4-10-18(22)11-5-15/h2-12,14H,13H2,1H3,(H,23,25)(H,26,27)/t14-/m0/s1. The van der Waals surface area contributed by atoms with E-state index in [-0.39, 0.29) is 17.5 Å². The summed E-state index contributed by atoms with van der Waals surface area (Å²) in [6.45, 7) is 2.43. The quantitative estimate of drug-likeness (QED) is 0.664. The zero-order valence-corrected chi connectivity index (χ0v) is 15.5. The zero-order chi connectivity index (χ0) is 19.4. The van der Waals surface area contributed by atoms with Gasteiger partial charge in [0.15, 0.2) is 0 Å². The van der Waals surface area contributed by atoms with E-state index in [1.807, 2.05) is 48.0 Å². The molecule has 5 nitrogen and oxygen atoms in total. The minimum Gasteiger partial charge on any atom is -0.478 e. The van der Waals surface area contributed by atoms with E-state index in [9.17, 15) is 9.59 Å². The van der Waals surface area contributed by atoms with Gasteiger partial charge in [0.25, 0.3) is 5.91 Å². The molecule has 2 N–H and O–H groups in total. The summed E-state index contributed by atoms with van der Waals surface area (Å²) in [7, 11) is 0. The van der Waals surface area contributed by atoms with E-state index < -0.39 is 5.97 Å². The first kappa shape index (κ1) is 18.7. The number of nitrogens with one attached hydrogen (secondary N) is 1. The highest BCUT2D eigenvalue weighted by molar-refractivity contribution is 6.30. The van der Waals surface area contributed by atoms with Gasteiger partial charge in [-0.1, -0.05) is 35.9 Å². The van der Waals surface area contributed by atoms with Gasteiger partial charge >= 0.3 is 5.97 Å². The van der Waals surface area contributed by atoms with Gasteiger partial charge in [-0.15, -0.1) is 0 Å². The molecule has 0 saturated heterocycles. The van der Waals surface area contributed by atoms with Crippen molar-refractivity contribution in [2.75, 3.05) is 0 Å². The highest BCUT2D eigenvalue weighted by atomic mass is 35.5. The number of amides is 1. The molecule has 3 aromatic rings. The van der Waals surface area contributed by atoms with Crippen molar-refractivity contribution in [2.24, 2.45) is 0 Å². The van der Waals surface area contributed by atoms with Crippen molar-refractivity contribution in [1.29, 1.82) is 0 Å². The van der Waals surface area contributed by atoms with Gasteiger partial charge in [-0.05, 0) is 54.4 Å². The average Bonchev–Trinajstić information content (AvgIpc) is 3.12. The summed E-state index contributed by atoms with van der Waals surface area (Å²) >= 11 is 5.91. The van der Waals surface area contributed by atoms with Crippen LogP contribution in [0, 0.1) is 0 Å². The normalized spacial score (nSPS) is 11.8. The van der Waals surface area contributed by atoms with Crippen molar-refractivity contribution in [1.82, 2.24) is 9.88 Å². The second kappa shape index (κ2) is 8.10. The van der Waals surface area contributed by atoms with Gasteiger partial charge in [0.1, 0.15) is 5.69 Å². The molecule has 1 amide bonds. The maximum atomic E-state index is 12.7. The van der Waals surface area contributed by atoms with Gasteiger partial charge in [0, 0.05) is 17.8 Å². The molecule has 0 radical (unpaired) electrons. The van der Waals surface area contributed by atoms with Gasteiger partial charge in [0.2, 0.25) is 0 Å². The molecule has 0 unspecified atom stereocenters. The van der Waals surface area contributed by atoms with Crippen LogP contribution in [0.5, 0.6) is 0 Å². The molecule has 6 heteroatoms. The number of hydrogen-bond acceptors (Lipinski definition) is 2. The first-order valence-corrected chi connectivity index (χ1v) is 8.85. The number of halogens is 1. The molecule has 0 bridgehead atoms. The molecule has 0 aliphatic heterocycles. The number of aromatic nitrogens is 1. The van der Waals surface area contributed by atoms with Gasteiger partial charge in [0.05, 0.1) is 11.6 Å². The number of rotatable bonds is 6. The largest absolute Gasteiger partial charge is 0.478 e. The van der Waals surface area contributed by atoms with E-state index in [0.717, 1.165) is 11.1 Å². The summed E-state index contributed by atoms with van der Waals surface area (Å²) in [5.41, 5.74) is 2.65. The molecule has 27 heavy (non-hydrogen) atoms. The molecular formula is C21H19ClN2O3. The van der Waals surface area contributed by atoms with Crippen LogP contribution in [0.1, 0.15) is 44.9 Å². The minimum atomic E-state index is -0.974. The third-order valence-corrected chi connectivity index (χ3v) is 4.59. The van der Waals surface area contributed by atoms with E-state index in [2.05, 4.69) is 5.32 Å². The summed E-state index contributed by atoms with van der Waals surface area (Å²) in [6, 6.07) is 17.3. The Morgan fingerprint density at radius 2 is 1.74 bits per heavy atom. The number of nitrogens with zero attached hydrogens (tertiary/aromatic N) is 1. The lowest BCUT2D eigenvalue weighted by atomic mass is 10.1. The maximum absolute atomic E-state index is 12.7. The Balaban J connectivity index is 1.70. The van der Waals surface area contributed by atoms with Crippen molar-refractivity contribution in [3.8, 4) is 0 Å². The van der Waals surface area contributed by atoms with Crippen LogP contribution in [0.3, 0.4) is 0 Å². The first-order valence-electron chi connectivity index (χ1n) is 8.48. The summed E-state index contributed by atoms with van der Waals surface area (Å²) in [4.78, 5) is 23.6. The molecule has 0 saturated carbocycles. The van der Waals surface area contributed by atoms with Gasteiger partial charge in [-0.2, -0.15) is 0 Å². The van der Waals surface area contributed by atoms with E-state index >= 15 is 0 Å². The summed E-state index contributed by atoms with van der Waals surface area (Å²) in [5, 5.41) is 12.6. The van der Waals surface area contributed by atoms with E-state index in [1.165, 1.54) is 12.1 Å². The van der Waals surface area contributed by atoms with Crippen molar-refractivity contribution in [3.63, 3.8) is 0 Å². The lowest BCUT2D eigenvalue weighted by molar-refractivity contribution is 0.0696. The number of carbonyl (C=O) groups is 2.